The van der Waals surface area contributed by atoms with Gasteiger partial charge in [-0.25, -0.2) is 0 Å². The molecule has 0 fully saturated rings. The first kappa shape index (κ1) is 15.6. The minimum absolute atomic E-state index is 0.0265. The number of carbonyl (C=O) groups excluding carboxylic acids is 5. The molecule has 6 heteroatoms. The monoisotopic (exact) mass is 273 g/mol. The van der Waals surface area contributed by atoms with Gasteiger partial charge in [0.2, 0.25) is 12.4 Å². The third-order valence-corrected chi connectivity index (χ3v) is 2.24. The average Bonchev–Trinajstić information content (AvgIpc) is 2.46. The van der Waals surface area contributed by atoms with Crippen molar-refractivity contribution >= 4 is 29.4 Å². The van der Waals surface area contributed by atoms with Gasteiger partial charge in [-0.1, -0.05) is 29.8 Å². The molecule has 0 saturated heterocycles. The topological polar surface area (TPSA) is 94.6 Å². The van der Waals surface area contributed by atoms with E-state index in [1.165, 1.54) is 0 Å². The average molecular weight is 273 g/mol. The highest BCUT2D eigenvalue weighted by atomic mass is 16.5. The number of carbonyl (C=O) groups is 4. The van der Waals surface area contributed by atoms with Gasteiger partial charge in [0, 0.05) is 0 Å². The van der Waals surface area contributed by atoms with Crippen LogP contribution in [0.2, 0.25) is 0 Å². The third-order valence-electron chi connectivity index (χ3n) is 2.24. The van der Waals surface area contributed by atoms with Gasteiger partial charge in [0.1, 0.15) is 0 Å². The van der Waals surface area contributed by atoms with Crippen LogP contribution in [0, 0.1) is 13.5 Å². The van der Waals surface area contributed by atoms with Gasteiger partial charge < -0.3 is 4.74 Å². The lowest BCUT2D eigenvalue weighted by atomic mass is 10.1. The van der Waals surface area contributed by atoms with Gasteiger partial charge in [0.25, 0.3) is 23.6 Å². The Bertz CT molecular complexity index is 556. The minimum Gasteiger partial charge on any atom is -0.355 e. The first-order valence-corrected chi connectivity index (χ1v) is 5.44. The molecule has 6 nitrogen and oxygen atoms in total. The number of ether oxygens (including phenoxy) is 1. The van der Waals surface area contributed by atoms with Gasteiger partial charge in [-0.15, -0.1) is 0 Å². The van der Waals surface area contributed by atoms with Gasteiger partial charge in [-0.05, 0) is 12.5 Å². The van der Waals surface area contributed by atoms with Crippen molar-refractivity contribution in [1.82, 2.24) is 0 Å². The predicted molar refractivity (Wildman–Crippen MR) is 64.9 cm³/mol. The molecular weight excluding hydrogens is 264 g/mol. The minimum atomic E-state index is -1.75. The summed E-state index contributed by atoms with van der Waals surface area (Å²) in [7, 11) is 0. The van der Waals surface area contributed by atoms with Crippen LogP contribution >= 0.6 is 0 Å². The van der Waals surface area contributed by atoms with E-state index in [0.29, 0.717) is 6.29 Å². The van der Waals surface area contributed by atoms with Crippen LogP contribution in [0.3, 0.4) is 0 Å². The number of benzene rings is 1. The highest BCUT2D eigenvalue weighted by Gasteiger charge is 2.29. The van der Waals surface area contributed by atoms with Crippen LogP contribution in [0.1, 0.15) is 11.1 Å². The smallest absolute Gasteiger partial charge is 0.281 e. The van der Waals surface area contributed by atoms with Crippen molar-refractivity contribution < 1.29 is 28.7 Å². The van der Waals surface area contributed by atoms with Gasteiger partial charge in [0.15, 0.2) is 0 Å². The second-order valence-corrected chi connectivity index (χ2v) is 3.79. The molecule has 20 heavy (non-hydrogen) atoms. The fourth-order valence-electron chi connectivity index (χ4n) is 1.17. The van der Waals surface area contributed by atoms with Crippen LogP contribution < -0.4 is 0 Å². The van der Waals surface area contributed by atoms with E-state index in [1.54, 1.807) is 18.7 Å². The Labute approximate surface area is 114 Å². The van der Waals surface area contributed by atoms with Crippen molar-refractivity contribution in [3.05, 3.63) is 42.0 Å². The quantitative estimate of drug-likeness (QED) is 0.486. The van der Waals surface area contributed by atoms with Crippen molar-refractivity contribution in [3.8, 4) is 0 Å². The maximum absolute atomic E-state index is 11.2. The zero-order valence-electron chi connectivity index (χ0n) is 10.5. The predicted octanol–water partition coefficient (Wildman–Crippen LogP) is -0.0635. The molecule has 1 rings (SSSR count). The Morgan fingerprint density at radius 2 is 1.55 bits per heavy atom. The lowest BCUT2D eigenvalue weighted by Crippen LogP contribution is -2.31. The normalized spacial score (nSPS) is 9.85. The van der Waals surface area contributed by atoms with Crippen LogP contribution in [-0.2, 0) is 35.3 Å². The molecule has 0 aliphatic heterocycles. The van der Waals surface area contributed by atoms with Crippen LogP contribution in [0.25, 0.3) is 0 Å². The number of hydrogen-bond donors (Lipinski definition) is 0. The highest BCUT2D eigenvalue weighted by Crippen LogP contribution is 2.05. The molecule has 0 aliphatic carbocycles. The molecule has 0 heterocycles. The Kier molecular flexibility index (Phi) is 5.61. The number of Topliss-reactive ketones (excluding diaryl/α,β-unsaturated/α-hetero) is 4. The fraction of sp³-hybridized carbons (Fsp3) is 0.143. The largest absolute Gasteiger partial charge is 0.355 e. The van der Waals surface area contributed by atoms with Crippen molar-refractivity contribution in [2.45, 2.75) is 13.5 Å². The Morgan fingerprint density at radius 3 is 2.10 bits per heavy atom. The highest BCUT2D eigenvalue weighted by molar-refractivity contribution is 6.85. The molecule has 3 radical (unpaired) electrons. The van der Waals surface area contributed by atoms with E-state index >= 15 is 0 Å². The van der Waals surface area contributed by atoms with E-state index in [9.17, 15) is 24.0 Å². The summed E-state index contributed by atoms with van der Waals surface area (Å²) in [5, 5.41) is 0. The Morgan fingerprint density at radius 1 is 1.00 bits per heavy atom. The first-order chi connectivity index (χ1) is 9.45. The fourth-order valence-corrected chi connectivity index (χ4v) is 1.17. The lowest BCUT2D eigenvalue weighted by molar-refractivity contribution is -0.147. The molecule has 0 N–H and O–H groups in total. The second kappa shape index (κ2) is 7.20. The third kappa shape index (κ3) is 4.33. The molecule has 0 saturated carbocycles. The number of ketones is 4. The Hall–Kier alpha value is -2.47. The van der Waals surface area contributed by atoms with Gasteiger partial charge in [-0.2, -0.15) is 0 Å². The maximum atomic E-state index is 11.2. The Balaban J connectivity index is 2.45. The molecule has 0 unspecified atom stereocenters. The summed E-state index contributed by atoms with van der Waals surface area (Å²) in [6.07, 6.45) is 0.708. The van der Waals surface area contributed by atoms with Crippen LogP contribution in [0.4, 0.5) is 0 Å². The van der Waals surface area contributed by atoms with Crippen LogP contribution in [0.5, 0.6) is 0 Å². The summed E-state index contributed by atoms with van der Waals surface area (Å²) < 4.78 is 4.72. The summed E-state index contributed by atoms with van der Waals surface area (Å²) in [5.41, 5.74) is 1.77. The van der Waals surface area contributed by atoms with Gasteiger partial charge in [-0.3, -0.25) is 24.0 Å². The van der Waals surface area contributed by atoms with Crippen LogP contribution in [0.15, 0.2) is 24.3 Å². The molecule has 0 aliphatic rings. The first-order valence-electron chi connectivity index (χ1n) is 5.44. The van der Waals surface area contributed by atoms with E-state index in [0.717, 1.165) is 11.1 Å². The second-order valence-electron chi connectivity index (χ2n) is 3.79. The molecule has 0 atom stereocenters. The van der Waals surface area contributed by atoms with E-state index < -0.39 is 23.1 Å². The summed E-state index contributed by atoms with van der Waals surface area (Å²) in [5.74, 6) is -6.56. The van der Waals surface area contributed by atoms with E-state index in [2.05, 4.69) is 0 Å². The van der Waals surface area contributed by atoms with E-state index in [4.69, 9.17) is 4.74 Å². The molecule has 0 spiro atoms. The molecular formula is C14H9O6. The summed E-state index contributed by atoms with van der Waals surface area (Å²) in [4.78, 5) is 53.6. The van der Waals surface area contributed by atoms with Crippen molar-refractivity contribution in [2.24, 2.45) is 0 Å². The molecule has 0 bridgehead atoms. The molecule has 101 valence electrons. The van der Waals surface area contributed by atoms with E-state index in [-0.39, 0.29) is 6.61 Å². The van der Waals surface area contributed by atoms with Gasteiger partial charge in [0.05, 0.1) is 6.61 Å². The van der Waals surface area contributed by atoms with E-state index in [1.807, 2.05) is 19.1 Å². The molecule has 1 aromatic carbocycles. The molecule has 0 aromatic heterocycles. The van der Waals surface area contributed by atoms with Crippen LogP contribution in [-0.4, -0.2) is 29.4 Å². The number of rotatable bonds is 8. The molecule has 0 amide bonds. The lowest BCUT2D eigenvalue weighted by Gasteiger charge is -2.01. The molecule has 1 aromatic rings. The zero-order valence-corrected chi connectivity index (χ0v) is 10.5. The maximum Gasteiger partial charge on any atom is 0.281 e. The SMILES string of the molecule is Cc1ccc(CO[C]C(=O)C(=O)C(=O)C(=O)[C]=O)cc1. The number of hydrogen-bond acceptors (Lipinski definition) is 6. The van der Waals surface area contributed by atoms with Gasteiger partial charge >= 0.3 is 0 Å². The zero-order chi connectivity index (χ0) is 15.1. The summed E-state index contributed by atoms with van der Waals surface area (Å²) >= 11 is 0. The van der Waals surface area contributed by atoms with Crippen molar-refractivity contribution in [1.29, 1.82) is 0 Å². The summed E-state index contributed by atoms with van der Waals surface area (Å²) in [6, 6.07) is 7.15. The van der Waals surface area contributed by atoms with Crippen molar-refractivity contribution in [3.63, 3.8) is 0 Å². The standard InChI is InChI=1S/C14H9O6/c1-9-2-4-10(5-3-9)7-20-8-12(17)14(19)13(18)11(16)6-15/h2-5H,7H2,1H3. The summed E-state index contributed by atoms with van der Waals surface area (Å²) in [6.45, 7) is 3.59. The number of aryl methyl sites for hydroxylation is 1. The van der Waals surface area contributed by atoms with Crippen molar-refractivity contribution in [2.75, 3.05) is 0 Å².